The molecular formula is C22H38N2O16. The predicted molar refractivity (Wildman–Crippen MR) is 124 cm³/mol. The van der Waals surface area contributed by atoms with Crippen LogP contribution in [0.5, 0.6) is 0 Å². The zero-order chi connectivity index (χ0) is 29.9. The minimum Gasteiger partial charge on any atom is -0.394 e. The van der Waals surface area contributed by atoms with E-state index in [-0.39, 0.29) is 0 Å². The number of ether oxygens (including phenoxy) is 5. The molecule has 18 heteroatoms. The smallest absolute Gasteiger partial charge is 0.217 e. The van der Waals surface area contributed by atoms with E-state index in [4.69, 9.17) is 23.7 Å². The molecule has 0 bridgehead atoms. The van der Waals surface area contributed by atoms with Crippen LogP contribution in [0.2, 0.25) is 0 Å². The normalized spacial score (nSPS) is 46.0. The van der Waals surface area contributed by atoms with Crippen molar-refractivity contribution in [3.8, 4) is 0 Å². The molecule has 11 N–H and O–H groups in total. The minimum absolute atomic E-state index is 0.596. The van der Waals surface area contributed by atoms with Crippen LogP contribution in [0.25, 0.3) is 0 Å². The highest BCUT2D eigenvalue weighted by Crippen LogP contribution is 2.30. The van der Waals surface area contributed by atoms with Crippen molar-refractivity contribution in [2.75, 3.05) is 19.8 Å². The zero-order valence-corrected chi connectivity index (χ0v) is 21.7. The van der Waals surface area contributed by atoms with Crippen molar-refractivity contribution in [2.24, 2.45) is 0 Å². The van der Waals surface area contributed by atoms with Crippen LogP contribution in [0.15, 0.2) is 0 Å². The first-order valence-electron chi connectivity index (χ1n) is 12.6. The largest absolute Gasteiger partial charge is 0.394 e. The summed E-state index contributed by atoms with van der Waals surface area (Å²) in [5.41, 5.74) is 0. The van der Waals surface area contributed by atoms with Crippen molar-refractivity contribution in [2.45, 2.75) is 106 Å². The number of hydrogen-bond donors (Lipinski definition) is 11. The van der Waals surface area contributed by atoms with Crippen LogP contribution in [0.1, 0.15) is 13.8 Å². The number of carbonyl (C=O) groups is 2. The van der Waals surface area contributed by atoms with Crippen LogP contribution in [-0.2, 0) is 33.3 Å². The lowest BCUT2D eigenvalue weighted by Gasteiger charge is -2.47. The van der Waals surface area contributed by atoms with Gasteiger partial charge in [-0.3, -0.25) is 9.59 Å². The molecule has 0 saturated carbocycles. The van der Waals surface area contributed by atoms with Crippen molar-refractivity contribution in [1.29, 1.82) is 0 Å². The lowest BCUT2D eigenvalue weighted by atomic mass is 9.95. The molecule has 3 saturated heterocycles. The third-order valence-electron chi connectivity index (χ3n) is 6.88. The Kier molecular flexibility index (Phi) is 11.5. The molecule has 0 aliphatic carbocycles. The summed E-state index contributed by atoms with van der Waals surface area (Å²) in [6.07, 6.45) is -21.0. The number of aliphatic hydroxyl groups is 9. The fourth-order valence-electron chi connectivity index (χ4n) is 4.76. The van der Waals surface area contributed by atoms with Gasteiger partial charge in [0, 0.05) is 13.8 Å². The van der Waals surface area contributed by atoms with Gasteiger partial charge in [-0.05, 0) is 0 Å². The van der Waals surface area contributed by atoms with Crippen molar-refractivity contribution in [3.05, 3.63) is 0 Å². The number of hydrogen-bond acceptors (Lipinski definition) is 16. The first-order valence-corrected chi connectivity index (χ1v) is 12.6. The monoisotopic (exact) mass is 586 g/mol. The van der Waals surface area contributed by atoms with Crippen molar-refractivity contribution in [3.63, 3.8) is 0 Å². The van der Waals surface area contributed by atoms with Gasteiger partial charge >= 0.3 is 0 Å². The molecule has 18 nitrogen and oxygen atoms in total. The van der Waals surface area contributed by atoms with E-state index in [1.165, 1.54) is 0 Å². The maximum absolute atomic E-state index is 11.8. The molecule has 0 aromatic rings. The molecule has 0 unspecified atom stereocenters. The van der Waals surface area contributed by atoms with Crippen LogP contribution in [0.4, 0.5) is 0 Å². The van der Waals surface area contributed by atoms with Crippen LogP contribution in [0.3, 0.4) is 0 Å². The summed E-state index contributed by atoms with van der Waals surface area (Å²) in [7, 11) is 0. The first-order chi connectivity index (χ1) is 18.8. The second-order valence-electron chi connectivity index (χ2n) is 9.85. The average molecular weight is 587 g/mol. The number of aliphatic hydroxyl groups excluding tert-OH is 9. The highest BCUT2D eigenvalue weighted by Gasteiger charge is 2.52. The van der Waals surface area contributed by atoms with E-state index >= 15 is 0 Å². The third-order valence-corrected chi connectivity index (χ3v) is 6.88. The van der Waals surface area contributed by atoms with E-state index in [1.807, 2.05) is 0 Å². The third kappa shape index (κ3) is 7.23. The number of rotatable bonds is 9. The van der Waals surface area contributed by atoms with E-state index in [9.17, 15) is 55.5 Å². The second kappa shape index (κ2) is 14.0. The highest BCUT2D eigenvalue weighted by molar-refractivity contribution is 5.73. The summed E-state index contributed by atoms with van der Waals surface area (Å²) in [6.45, 7) is 0.184. The lowest BCUT2D eigenvalue weighted by Crippen LogP contribution is -2.68. The van der Waals surface area contributed by atoms with Crippen molar-refractivity contribution < 1.29 is 79.2 Å². The van der Waals surface area contributed by atoms with Gasteiger partial charge in [-0.2, -0.15) is 0 Å². The molecule has 0 aromatic carbocycles. The van der Waals surface area contributed by atoms with Gasteiger partial charge in [0.05, 0.1) is 19.8 Å². The average Bonchev–Trinajstić information content (AvgIpc) is 2.90. The SMILES string of the molecule is CC(=O)N[C@@H]1[C@@H](O[C@@H]2O[C@H](CO)[C@H](O)[C@H](O)[C@H]2O)[C@@H](O)[C@@H](CO[C@@H]2O[C@H](CO)[C@H](O)[C@H](O)[C@H]2NC(C)=O)O[C@@H]1O. The molecule has 3 heterocycles. The Morgan fingerprint density at radius 1 is 0.650 bits per heavy atom. The maximum Gasteiger partial charge on any atom is 0.217 e. The Bertz CT molecular complexity index is 852. The number of carbonyl (C=O) groups excluding carboxylic acids is 2. The number of nitrogens with one attached hydrogen (secondary N) is 2. The van der Waals surface area contributed by atoms with Gasteiger partial charge in [-0.1, -0.05) is 0 Å². The van der Waals surface area contributed by atoms with Gasteiger partial charge in [0.2, 0.25) is 11.8 Å². The van der Waals surface area contributed by atoms with Gasteiger partial charge in [0.25, 0.3) is 0 Å². The standard InChI is InChI=1S/C22H38N2O16/c1-6(27)23-11-16(32)13(29)8(3-25)38-21(11)36-5-10-15(31)19(12(20(35)37-10)24-7(2)28)40-22-18(34)17(33)14(30)9(4-26)39-22/h8-22,25-26,29-35H,3-5H2,1-2H3,(H,23,27)(H,24,28)/t8-,9-,10-,11-,12-,13+,14+,15+,16-,17+,18-,19-,20+,21-,22+/m1/s1. The Hall–Kier alpha value is -1.62. The molecule has 40 heavy (non-hydrogen) atoms. The summed E-state index contributed by atoms with van der Waals surface area (Å²) >= 11 is 0. The molecular weight excluding hydrogens is 548 g/mol. The van der Waals surface area contributed by atoms with Crippen LogP contribution < -0.4 is 10.6 Å². The zero-order valence-electron chi connectivity index (χ0n) is 21.7. The topological polar surface area (TPSA) is 286 Å². The van der Waals surface area contributed by atoms with E-state index < -0.39 is 124 Å². The Balaban J connectivity index is 1.78. The van der Waals surface area contributed by atoms with Crippen molar-refractivity contribution in [1.82, 2.24) is 10.6 Å². The number of amides is 2. The molecule has 0 aromatic heterocycles. The molecule has 3 aliphatic rings. The Morgan fingerprint density at radius 3 is 1.73 bits per heavy atom. The van der Waals surface area contributed by atoms with E-state index in [0.717, 1.165) is 13.8 Å². The fraction of sp³-hybridized carbons (Fsp3) is 0.909. The Morgan fingerprint density at radius 2 is 1.18 bits per heavy atom. The van der Waals surface area contributed by atoms with E-state index in [0.29, 0.717) is 0 Å². The predicted octanol–water partition coefficient (Wildman–Crippen LogP) is -7.29. The minimum atomic E-state index is -1.87. The lowest BCUT2D eigenvalue weighted by molar-refractivity contribution is -0.345. The van der Waals surface area contributed by atoms with Crippen molar-refractivity contribution >= 4 is 11.8 Å². The van der Waals surface area contributed by atoms with Gasteiger partial charge < -0.3 is 80.3 Å². The molecule has 0 spiro atoms. The van der Waals surface area contributed by atoms with Gasteiger partial charge in [0.1, 0.15) is 73.1 Å². The summed E-state index contributed by atoms with van der Waals surface area (Å²) < 4.78 is 27.4. The van der Waals surface area contributed by atoms with Crippen LogP contribution in [0, 0.1) is 0 Å². The molecule has 3 fully saturated rings. The fourth-order valence-corrected chi connectivity index (χ4v) is 4.76. The maximum atomic E-state index is 11.8. The summed E-state index contributed by atoms with van der Waals surface area (Å²) in [5, 5.41) is 96.3. The van der Waals surface area contributed by atoms with Crippen LogP contribution >= 0.6 is 0 Å². The highest BCUT2D eigenvalue weighted by atomic mass is 16.7. The van der Waals surface area contributed by atoms with E-state index in [2.05, 4.69) is 10.6 Å². The van der Waals surface area contributed by atoms with Gasteiger partial charge in [0.15, 0.2) is 18.9 Å². The summed E-state index contributed by atoms with van der Waals surface area (Å²) in [4.78, 5) is 23.4. The molecule has 2 amide bonds. The molecule has 232 valence electrons. The molecule has 15 atom stereocenters. The van der Waals surface area contributed by atoms with Gasteiger partial charge in [-0.15, -0.1) is 0 Å². The summed E-state index contributed by atoms with van der Waals surface area (Å²) in [5.74, 6) is -1.26. The second-order valence-corrected chi connectivity index (χ2v) is 9.85. The van der Waals surface area contributed by atoms with Crippen LogP contribution in [-0.4, -0.2) is 170 Å². The molecule has 3 aliphatic heterocycles. The quantitative estimate of drug-likeness (QED) is 0.120. The first kappa shape index (κ1) is 32.9. The molecule has 3 rings (SSSR count). The Labute approximate surface area is 228 Å². The van der Waals surface area contributed by atoms with Gasteiger partial charge in [-0.25, -0.2) is 0 Å². The molecule has 0 radical (unpaired) electrons. The summed E-state index contributed by atoms with van der Waals surface area (Å²) in [6, 6.07) is -2.75. The van der Waals surface area contributed by atoms with E-state index in [1.54, 1.807) is 0 Å².